The third-order valence-corrected chi connectivity index (χ3v) is 9.05. The topological polar surface area (TPSA) is 124 Å². The van der Waals surface area contributed by atoms with Crippen LogP contribution >= 0.6 is 0 Å². The first-order valence-corrected chi connectivity index (χ1v) is 16.6. The highest BCUT2D eigenvalue weighted by Gasteiger charge is 2.26. The molecule has 0 atom stereocenters. The predicted molar refractivity (Wildman–Crippen MR) is 182 cm³/mol. The average Bonchev–Trinajstić information content (AvgIpc) is 3.79. The SMILES string of the molecule is Cc1noc(-c2ccccc2)c1Cn1cc(CCCNCC(C)(C)CNc2nn3c(-c4ccccc4)nnc3cc2C2CCC2)nn1. The van der Waals surface area contributed by atoms with E-state index < -0.39 is 0 Å². The first-order chi connectivity index (χ1) is 22.9. The second-order valence-electron chi connectivity index (χ2n) is 13.4. The third kappa shape index (κ3) is 6.95. The van der Waals surface area contributed by atoms with Gasteiger partial charge in [0.25, 0.3) is 0 Å². The minimum Gasteiger partial charge on any atom is -0.368 e. The van der Waals surface area contributed by atoms with Crippen LogP contribution in [0.1, 0.15) is 68.0 Å². The molecule has 1 fully saturated rings. The van der Waals surface area contributed by atoms with Gasteiger partial charge >= 0.3 is 0 Å². The Hall–Kier alpha value is -4.90. The molecule has 0 amide bonds. The number of nitrogens with one attached hydrogen (secondary N) is 2. The molecule has 242 valence electrons. The van der Waals surface area contributed by atoms with Crippen molar-refractivity contribution in [1.82, 2.24) is 45.3 Å². The van der Waals surface area contributed by atoms with Gasteiger partial charge in [0.05, 0.1) is 17.9 Å². The summed E-state index contributed by atoms with van der Waals surface area (Å²) in [6.45, 7) is 9.68. The second kappa shape index (κ2) is 13.4. The number of nitrogens with zero attached hydrogens (tertiary/aromatic N) is 8. The van der Waals surface area contributed by atoms with Crippen molar-refractivity contribution >= 4 is 11.5 Å². The Balaban J connectivity index is 0.919. The van der Waals surface area contributed by atoms with E-state index in [0.717, 1.165) is 83.6 Å². The molecule has 4 aromatic heterocycles. The van der Waals surface area contributed by atoms with Crippen molar-refractivity contribution < 1.29 is 4.52 Å². The summed E-state index contributed by atoms with van der Waals surface area (Å²) < 4.78 is 9.39. The largest absolute Gasteiger partial charge is 0.368 e. The van der Waals surface area contributed by atoms with Crippen molar-refractivity contribution in [3.05, 3.63) is 95.4 Å². The fraction of sp³-hybridized carbons (Fsp3) is 0.389. The van der Waals surface area contributed by atoms with Crippen LogP contribution in [0.15, 0.2) is 77.4 Å². The normalized spacial score (nSPS) is 13.7. The van der Waals surface area contributed by atoms with Crippen LogP contribution in [0.3, 0.4) is 0 Å². The van der Waals surface area contributed by atoms with Gasteiger partial charge in [0.1, 0.15) is 0 Å². The van der Waals surface area contributed by atoms with E-state index in [1.165, 1.54) is 24.8 Å². The molecule has 1 aliphatic rings. The minimum absolute atomic E-state index is 0.0129. The van der Waals surface area contributed by atoms with E-state index in [9.17, 15) is 0 Å². The molecule has 2 N–H and O–H groups in total. The molecule has 0 spiro atoms. The Morgan fingerprint density at radius 3 is 2.45 bits per heavy atom. The Morgan fingerprint density at radius 1 is 0.936 bits per heavy atom. The average molecular weight is 631 g/mol. The van der Waals surface area contributed by atoms with E-state index in [1.807, 2.05) is 83.0 Å². The van der Waals surface area contributed by atoms with Crippen LogP contribution in [0, 0.1) is 12.3 Å². The van der Waals surface area contributed by atoms with Gasteiger partial charge in [-0.05, 0) is 56.6 Å². The maximum atomic E-state index is 5.65. The first kappa shape index (κ1) is 30.7. The third-order valence-electron chi connectivity index (χ3n) is 9.05. The van der Waals surface area contributed by atoms with E-state index in [1.54, 1.807) is 0 Å². The van der Waals surface area contributed by atoms with Gasteiger partial charge in [0.2, 0.25) is 0 Å². The molecule has 11 heteroatoms. The molecule has 0 bridgehead atoms. The van der Waals surface area contributed by atoms with Gasteiger partial charge in [-0.3, -0.25) is 0 Å². The van der Waals surface area contributed by atoms with Crippen LogP contribution in [0.4, 0.5) is 5.82 Å². The van der Waals surface area contributed by atoms with Crippen molar-refractivity contribution in [2.75, 3.05) is 25.0 Å². The number of aromatic nitrogens is 8. The van der Waals surface area contributed by atoms with E-state index >= 15 is 0 Å². The smallest absolute Gasteiger partial charge is 0.185 e. The zero-order valence-corrected chi connectivity index (χ0v) is 27.4. The molecular formula is C36H42N10O. The molecule has 6 aromatic rings. The summed E-state index contributed by atoms with van der Waals surface area (Å²) in [4.78, 5) is 0. The molecule has 1 saturated carbocycles. The van der Waals surface area contributed by atoms with Gasteiger partial charge in [0, 0.05) is 41.5 Å². The second-order valence-corrected chi connectivity index (χ2v) is 13.4. The van der Waals surface area contributed by atoms with Crippen molar-refractivity contribution in [3.63, 3.8) is 0 Å². The van der Waals surface area contributed by atoms with Gasteiger partial charge in [0.15, 0.2) is 23.0 Å². The van der Waals surface area contributed by atoms with E-state index in [-0.39, 0.29) is 5.41 Å². The predicted octanol–water partition coefficient (Wildman–Crippen LogP) is 6.32. The summed E-state index contributed by atoms with van der Waals surface area (Å²) in [6, 6.07) is 22.4. The molecule has 0 aliphatic heterocycles. The van der Waals surface area contributed by atoms with Crippen LogP contribution in [-0.2, 0) is 13.0 Å². The van der Waals surface area contributed by atoms with Gasteiger partial charge in [-0.2, -0.15) is 4.52 Å². The quantitative estimate of drug-likeness (QED) is 0.133. The summed E-state index contributed by atoms with van der Waals surface area (Å²) in [7, 11) is 0. The van der Waals surface area contributed by atoms with Crippen LogP contribution in [0.2, 0.25) is 0 Å². The van der Waals surface area contributed by atoms with Gasteiger partial charge in [-0.1, -0.05) is 91.3 Å². The van der Waals surface area contributed by atoms with E-state index in [2.05, 4.69) is 56.2 Å². The molecule has 2 aromatic carbocycles. The van der Waals surface area contributed by atoms with Crippen molar-refractivity contribution in [1.29, 1.82) is 0 Å². The lowest BCUT2D eigenvalue weighted by molar-refractivity contribution is 0.360. The summed E-state index contributed by atoms with van der Waals surface area (Å²) in [5, 5.41) is 34.4. The summed E-state index contributed by atoms with van der Waals surface area (Å²) in [5.74, 6) is 3.01. The zero-order valence-electron chi connectivity index (χ0n) is 27.4. The van der Waals surface area contributed by atoms with E-state index in [0.29, 0.717) is 12.5 Å². The van der Waals surface area contributed by atoms with Gasteiger partial charge in [-0.25, -0.2) is 4.68 Å². The molecule has 0 radical (unpaired) electrons. The maximum absolute atomic E-state index is 5.65. The van der Waals surface area contributed by atoms with Crippen LogP contribution in [-0.4, -0.2) is 59.6 Å². The van der Waals surface area contributed by atoms with Gasteiger partial charge < -0.3 is 15.2 Å². The summed E-state index contributed by atoms with van der Waals surface area (Å²) in [5.41, 5.74) is 6.95. The molecule has 1 aliphatic carbocycles. The number of fused-ring (bicyclic) bond motifs is 1. The standard InChI is InChI=1S/C36H42N10O/c1-25-31(33(47-43-25)27-12-6-4-7-13-27)22-45-21-29(39-44-45)18-11-19-37-23-36(2,3)24-38-34-30(26-16-10-17-26)20-32-40-41-35(46(32)42-34)28-14-8-5-9-15-28/h4-9,12-15,20-21,26,37H,10-11,16-19,22-24H2,1-3H3,(H,38,42). The minimum atomic E-state index is 0.0129. The number of hydrogen-bond donors (Lipinski definition) is 2. The number of rotatable bonds is 14. The maximum Gasteiger partial charge on any atom is 0.185 e. The molecule has 11 nitrogen and oxygen atoms in total. The highest BCUT2D eigenvalue weighted by atomic mass is 16.5. The lowest BCUT2D eigenvalue weighted by Gasteiger charge is -2.30. The van der Waals surface area contributed by atoms with Crippen LogP contribution < -0.4 is 10.6 Å². The van der Waals surface area contributed by atoms with Crippen molar-refractivity contribution in [3.8, 4) is 22.7 Å². The molecule has 0 saturated heterocycles. The monoisotopic (exact) mass is 630 g/mol. The number of benzene rings is 2. The lowest BCUT2D eigenvalue weighted by Crippen LogP contribution is -2.36. The van der Waals surface area contributed by atoms with E-state index in [4.69, 9.17) is 9.62 Å². The molecular weight excluding hydrogens is 588 g/mol. The number of aryl methyl sites for hydroxylation is 2. The van der Waals surface area contributed by atoms with Gasteiger partial charge in [-0.15, -0.1) is 20.4 Å². The van der Waals surface area contributed by atoms with Crippen LogP contribution in [0.5, 0.6) is 0 Å². The highest BCUT2D eigenvalue weighted by molar-refractivity contribution is 5.62. The highest BCUT2D eigenvalue weighted by Crippen LogP contribution is 2.40. The molecule has 7 rings (SSSR count). The Kier molecular flexibility index (Phi) is 8.80. The summed E-state index contributed by atoms with van der Waals surface area (Å²) in [6.07, 6.45) is 7.51. The lowest BCUT2D eigenvalue weighted by atomic mass is 9.80. The summed E-state index contributed by atoms with van der Waals surface area (Å²) >= 11 is 0. The number of hydrogen-bond acceptors (Lipinski definition) is 9. The number of anilines is 1. The molecule has 4 heterocycles. The zero-order chi connectivity index (χ0) is 32.2. The first-order valence-electron chi connectivity index (χ1n) is 16.6. The molecule has 47 heavy (non-hydrogen) atoms. The Labute approximate surface area is 274 Å². The van der Waals surface area contributed by atoms with Crippen LogP contribution in [0.25, 0.3) is 28.4 Å². The Bertz CT molecular complexity index is 1920. The molecule has 0 unspecified atom stereocenters. The fourth-order valence-electron chi connectivity index (χ4n) is 6.07. The fourth-order valence-corrected chi connectivity index (χ4v) is 6.07. The van der Waals surface area contributed by atoms with Crippen molar-refractivity contribution in [2.45, 2.75) is 65.3 Å². The Morgan fingerprint density at radius 2 is 1.70 bits per heavy atom. The van der Waals surface area contributed by atoms with Crippen molar-refractivity contribution in [2.24, 2.45) is 5.41 Å².